The topological polar surface area (TPSA) is 32.3 Å². The molecule has 104 valence electrons. The van der Waals surface area contributed by atoms with Crippen LogP contribution in [-0.2, 0) is 11.2 Å². The van der Waals surface area contributed by atoms with Crippen LogP contribution in [0.15, 0.2) is 24.3 Å². The summed E-state index contributed by atoms with van der Waals surface area (Å²) in [6.45, 7) is 3.57. The van der Waals surface area contributed by atoms with Crippen LogP contribution in [0.4, 0.5) is 4.39 Å². The van der Waals surface area contributed by atoms with E-state index in [1.807, 2.05) is 6.07 Å². The van der Waals surface area contributed by atoms with Gasteiger partial charge in [-0.15, -0.1) is 0 Å². The lowest BCUT2D eigenvalue weighted by atomic mass is 10.1. The fourth-order valence-electron chi connectivity index (χ4n) is 2.39. The van der Waals surface area contributed by atoms with Gasteiger partial charge in [0.2, 0.25) is 5.91 Å². The Morgan fingerprint density at radius 1 is 1.26 bits per heavy atom. The van der Waals surface area contributed by atoms with Gasteiger partial charge < -0.3 is 10.2 Å². The van der Waals surface area contributed by atoms with Gasteiger partial charge >= 0.3 is 0 Å². The van der Waals surface area contributed by atoms with Crippen LogP contribution in [0.2, 0.25) is 0 Å². The summed E-state index contributed by atoms with van der Waals surface area (Å²) in [6, 6.07) is 6.69. The average Bonchev–Trinajstić information content (AvgIpc) is 2.92. The van der Waals surface area contributed by atoms with E-state index in [9.17, 15) is 9.18 Å². The zero-order chi connectivity index (χ0) is 13.5. The molecule has 19 heavy (non-hydrogen) atoms. The van der Waals surface area contributed by atoms with Crippen molar-refractivity contribution in [2.24, 2.45) is 0 Å². The van der Waals surface area contributed by atoms with Crippen LogP contribution < -0.4 is 5.32 Å². The van der Waals surface area contributed by atoms with Gasteiger partial charge in [0.05, 0.1) is 0 Å². The first-order valence-corrected chi connectivity index (χ1v) is 6.98. The fraction of sp³-hybridized carbons (Fsp3) is 0.533. The van der Waals surface area contributed by atoms with Crippen molar-refractivity contribution in [3.63, 3.8) is 0 Å². The Labute approximate surface area is 113 Å². The lowest BCUT2D eigenvalue weighted by Crippen LogP contribution is -2.30. The molecule has 1 N–H and O–H groups in total. The molecule has 1 heterocycles. The van der Waals surface area contributed by atoms with Crippen molar-refractivity contribution in [2.75, 3.05) is 26.2 Å². The molecule has 1 aliphatic rings. The number of carbonyl (C=O) groups is 1. The number of amides is 1. The number of likely N-dealkylation sites (tertiary alicyclic amines) is 1. The van der Waals surface area contributed by atoms with E-state index in [2.05, 4.69) is 10.2 Å². The number of halogens is 1. The molecule has 0 spiro atoms. The number of benzene rings is 1. The summed E-state index contributed by atoms with van der Waals surface area (Å²) >= 11 is 0. The highest BCUT2D eigenvalue weighted by molar-refractivity contribution is 5.76. The minimum absolute atomic E-state index is 0.0586. The molecule has 0 atom stereocenters. The minimum Gasteiger partial charge on any atom is -0.356 e. The van der Waals surface area contributed by atoms with Gasteiger partial charge in [0.15, 0.2) is 0 Å². The Balaban J connectivity index is 1.62. The summed E-state index contributed by atoms with van der Waals surface area (Å²) in [7, 11) is 0. The van der Waals surface area contributed by atoms with Crippen molar-refractivity contribution >= 4 is 5.91 Å². The van der Waals surface area contributed by atoms with E-state index in [-0.39, 0.29) is 11.7 Å². The minimum atomic E-state index is -0.200. The number of hydrogen-bond donors (Lipinski definition) is 1. The highest BCUT2D eigenvalue weighted by Crippen LogP contribution is 2.08. The molecule has 1 amide bonds. The highest BCUT2D eigenvalue weighted by atomic mass is 19.1. The molecular formula is C15H21FN2O. The van der Waals surface area contributed by atoms with Crippen molar-refractivity contribution in [2.45, 2.75) is 25.7 Å². The van der Waals surface area contributed by atoms with Gasteiger partial charge in [0.25, 0.3) is 0 Å². The molecule has 3 nitrogen and oxygen atoms in total. The molecule has 0 aliphatic carbocycles. The van der Waals surface area contributed by atoms with E-state index < -0.39 is 0 Å². The van der Waals surface area contributed by atoms with E-state index in [1.165, 1.54) is 18.9 Å². The predicted octanol–water partition coefficient (Wildman–Crippen LogP) is 1.97. The zero-order valence-corrected chi connectivity index (χ0v) is 11.2. The molecule has 4 heteroatoms. The Bertz CT molecular complexity index is 416. The number of hydrogen-bond acceptors (Lipinski definition) is 2. The van der Waals surface area contributed by atoms with Crippen molar-refractivity contribution in [3.8, 4) is 0 Å². The maximum atomic E-state index is 13.3. The lowest BCUT2D eigenvalue weighted by Gasteiger charge is -2.13. The molecule has 1 aromatic rings. The summed E-state index contributed by atoms with van der Waals surface area (Å²) in [5.41, 5.74) is 0.655. The molecule has 0 saturated carbocycles. The molecule has 1 saturated heterocycles. The monoisotopic (exact) mass is 264 g/mol. The fourth-order valence-corrected chi connectivity index (χ4v) is 2.39. The van der Waals surface area contributed by atoms with Crippen molar-refractivity contribution in [3.05, 3.63) is 35.6 Å². The van der Waals surface area contributed by atoms with E-state index in [4.69, 9.17) is 0 Å². The molecule has 1 aliphatic heterocycles. The van der Waals surface area contributed by atoms with Gasteiger partial charge in [-0.2, -0.15) is 0 Å². The third-order valence-corrected chi connectivity index (χ3v) is 3.53. The van der Waals surface area contributed by atoms with Crippen molar-refractivity contribution < 1.29 is 9.18 Å². The quantitative estimate of drug-likeness (QED) is 0.852. The number of nitrogens with one attached hydrogen (secondary N) is 1. The third kappa shape index (κ3) is 4.63. The van der Waals surface area contributed by atoms with Crippen LogP contribution in [0.5, 0.6) is 0 Å². The van der Waals surface area contributed by atoms with Gasteiger partial charge in [0.1, 0.15) is 5.82 Å². The molecule has 0 radical (unpaired) electrons. The SMILES string of the molecule is O=C(CCN1CCCC1)NCCc1ccccc1F. The van der Waals surface area contributed by atoms with Crippen molar-refractivity contribution in [1.82, 2.24) is 10.2 Å². The van der Waals surface area contributed by atoms with Gasteiger partial charge in [0, 0.05) is 19.5 Å². The lowest BCUT2D eigenvalue weighted by molar-refractivity contribution is -0.121. The van der Waals surface area contributed by atoms with Gasteiger partial charge in [-0.1, -0.05) is 18.2 Å². The van der Waals surface area contributed by atoms with Crippen LogP contribution in [0, 0.1) is 5.82 Å². The Kier molecular flexibility index (Phi) is 5.33. The van der Waals surface area contributed by atoms with Crippen LogP contribution in [0.3, 0.4) is 0 Å². The van der Waals surface area contributed by atoms with Crippen LogP contribution in [-0.4, -0.2) is 37.0 Å². The zero-order valence-electron chi connectivity index (χ0n) is 11.2. The normalized spacial score (nSPS) is 15.6. The van der Waals surface area contributed by atoms with E-state index in [0.29, 0.717) is 24.9 Å². The number of rotatable bonds is 6. The summed E-state index contributed by atoms with van der Waals surface area (Å²) < 4.78 is 13.3. The molecule has 2 rings (SSSR count). The molecule has 0 unspecified atom stereocenters. The molecule has 1 aromatic carbocycles. The predicted molar refractivity (Wildman–Crippen MR) is 73.4 cm³/mol. The van der Waals surface area contributed by atoms with E-state index in [0.717, 1.165) is 19.6 Å². The molecule has 1 fully saturated rings. The maximum absolute atomic E-state index is 13.3. The number of nitrogens with zero attached hydrogens (tertiary/aromatic N) is 1. The molecule has 0 aromatic heterocycles. The van der Waals surface area contributed by atoms with Crippen molar-refractivity contribution in [1.29, 1.82) is 0 Å². The first kappa shape index (κ1) is 14.0. The summed E-state index contributed by atoms with van der Waals surface area (Å²) in [5.74, 6) is -0.142. The molecule has 0 bridgehead atoms. The van der Waals surface area contributed by atoms with Gasteiger partial charge in [-0.3, -0.25) is 4.79 Å². The van der Waals surface area contributed by atoms with Gasteiger partial charge in [-0.05, 0) is 44.0 Å². The maximum Gasteiger partial charge on any atom is 0.221 e. The largest absolute Gasteiger partial charge is 0.356 e. The first-order chi connectivity index (χ1) is 9.25. The summed E-state index contributed by atoms with van der Waals surface area (Å²) in [6.07, 6.45) is 3.57. The van der Waals surface area contributed by atoms with Gasteiger partial charge in [-0.25, -0.2) is 4.39 Å². The first-order valence-electron chi connectivity index (χ1n) is 6.98. The van der Waals surface area contributed by atoms with E-state index in [1.54, 1.807) is 12.1 Å². The van der Waals surface area contributed by atoms with Crippen LogP contribution in [0.25, 0.3) is 0 Å². The average molecular weight is 264 g/mol. The second-order valence-electron chi connectivity index (χ2n) is 4.99. The number of carbonyl (C=O) groups excluding carboxylic acids is 1. The second kappa shape index (κ2) is 7.24. The van der Waals surface area contributed by atoms with Crippen LogP contribution >= 0.6 is 0 Å². The molecular weight excluding hydrogens is 243 g/mol. The van der Waals surface area contributed by atoms with E-state index >= 15 is 0 Å². The summed E-state index contributed by atoms with van der Waals surface area (Å²) in [5, 5.41) is 2.85. The third-order valence-electron chi connectivity index (χ3n) is 3.53. The Hall–Kier alpha value is -1.42. The standard InChI is InChI=1S/C15H21FN2O/c16-14-6-2-1-5-13(14)7-9-17-15(19)8-12-18-10-3-4-11-18/h1-2,5-6H,3-4,7-12H2,(H,17,19). The second-order valence-corrected chi connectivity index (χ2v) is 4.99. The summed E-state index contributed by atoms with van der Waals surface area (Å²) in [4.78, 5) is 14.0. The van der Waals surface area contributed by atoms with Crippen LogP contribution in [0.1, 0.15) is 24.8 Å². The smallest absolute Gasteiger partial charge is 0.221 e. The Morgan fingerprint density at radius 2 is 2.00 bits per heavy atom. The Morgan fingerprint density at radius 3 is 2.74 bits per heavy atom. The highest BCUT2D eigenvalue weighted by Gasteiger charge is 2.12.